The standard InChI is InChI=1S/C26H29NO4S.FHO/c1-4-20(22-8-6-5-7-9-22)18-19(2)21-10-12-23(13-11-21)26(28)27-24-14-16-25(17-15-24)32(29,30)31-3;1-2/h5-17,19-20H,4,18H2,1-3H3,(H,27,28);2H. The topological polar surface area (TPSA) is 92.7 Å². The number of amides is 1. The molecule has 0 fully saturated rings. The van der Waals surface area contributed by atoms with E-state index in [0.717, 1.165) is 20.0 Å². The quantitative estimate of drug-likeness (QED) is 0.371. The van der Waals surface area contributed by atoms with Crippen molar-refractivity contribution in [3.63, 3.8) is 0 Å². The minimum absolute atomic E-state index is 0.0391. The van der Waals surface area contributed by atoms with E-state index in [1.165, 1.54) is 35.4 Å². The van der Waals surface area contributed by atoms with E-state index in [0.29, 0.717) is 23.1 Å². The molecule has 2 atom stereocenters. The molecule has 3 aromatic carbocycles. The summed E-state index contributed by atoms with van der Waals surface area (Å²) in [6.45, 7) is 4.44. The van der Waals surface area contributed by atoms with Gasteiger partial charge in [0.1, 0.15) is 0 Å². The van der Waals surface area contributed by atoms with Crippen LogP contribution in [-0.2, 0) is 14.3 Å². The molecule has 6 nitrogen and oxygen atoms in total. The Morgan fingerprint density at radius 1 is 0.941 bits per heavy atom. The van der Waals surface area contributed by atoms with Crippen LogP contribution >= 0.6 is 0 Å². The number of halogens is 1. The Balaban J connectivity index is 0.00000199. The number of nitrogens with one attached hydrogen (secondary N) is 1. The predicted octanol–water partition coefficient (Wildman–Crippen LogP) is 5.82. The second-order valence-electron chi connectivity index (χ2n) is 7.87. The molecule has 0 aliphatic carbocycles. The van der Waals surface area contributed by atoms with Gasteiger partial charge in [-0.25, -0.2) is 5.31 Å². The van der Waals surface area contributed by atoms with Crippen molar-refractivity contribution >= 4 is 21.7 Å². The fourth-order valence-corrected chi connectivity index (χ4v) is 4.46. The highest BCUT2D eigenvalue weighted by molar-refractivity contribution is 7.86. The van der Waals surface area contributed by atoms with Gasteiger partial charge in [0, 0.05) is 11.3 Å². The lowest BCUT2D eigenvalue weighted by molar-refractivity contribution is -0.0441. The number of hydrogen-bond acceptors (Lipinski definition) is 5. The van der Waals surface area contributed by atoms with Crippen LogP contribution in [0.15, 0.2) is 83.8 Å². The third-order valence-corrected chi connectivity index (χ3v) is 7.05. The highest BCUT2D eigenvalue weighted by Gasteiger charge is 2.16. The van der Waals surface area contributed by atoms with Crippen LogP contribution in [0.2, 0.25) is 0 Å². The third-order valence-electron chi connectivity index (χ3n) is 5.76. The smallest absolute Gasteiger partial charge is 0.296 e. The molecule has 3 rings (SSSR count). The highest BCUT2D eigenvalue weighted by Crippen LogP contribution is 2.32. The van der Waals surface area contributed by atoms with Gasteiger partial charge >= 0.3 is 0 Å². The molecule has 0 radical (unpaired) electrons. The number of hydrogen-bond donors (Lipinski definition) is 2. The van der Waals surface area contributed by atoms with E-state index in [2.05, 4.69) is 47.6 Å². The van der Waals surface area contributed by atoms with Gasteiger partial charge < -0.3 is 5.32 Å². The van der Waals surface area contributed by atoms with Crippen molar-refractivity contribution in [2.75, 3.05) is 12.4 Å². The Bertz CT molecular complexity index is 1130. The van der Waals surface area contributed by atoms with Crippen LogP contribution in [0, 0.1) is 0 Å². The molecule has 3 aromatic rings. The van der Waals surface area contributed by atoms with Gasteiger partial charge in [-0.3, -0.25) is 8.98 Å². The molecular weight excluding hydrogens is 457 g/mol. The summed E-state index contributed by atoms with van der Waals surface area (Å²) in [4.78, 5) is 12.6. The van der Waals surface area contributed by atoms with E-state index in [-0.39, 0.29) is 10.8 Å². The fraction of sp³-hybridized carbons (Fsp3) is 0.269. The minimum atomic E-state index is -3.75. The van der Waals surface area contributed by atoms with Crippen LogP contribution in [0.4, 0.5) is 10.2 Å². The first-order valence-corrected chi connectivity index (χ1v) is 12.3. The van der Waals surface area contributed by atoms with Gasteiger partial charge in [-0.2, -0.15) is 8.42 Å². The van der Waals surface area contributed by atoms with Gasteiger partial charge in [-0.05, 0) is 72.2 Å². The molecule has 2 unspecified atom stereocenters. The molecule has 0 bridgehead atoms. The number of anilines is 1. The van der Waals surface area contributed by atoms with Crippen LogP contribution in [0.1, 0.15) is 60.0 Å². The van der Waals surface area contributed by atoms with Crippen LogP contribution in [0.3, 0.4) is 0 Å². The molecule has 1 amide bonds. The molecule has 0 saturated carbocycles. The Morgan fingerprint density at radius 3 is 2.06 bits per heavy atom. The zero-order valence-electron chi connectivity index (χ0n) is 19.4. The summed E-state index contributed by atoms with van der Waals surface area (Å²) in [5.74, 6) is 0.619. The summed E-state index contributed by atoms with van der Waals surface area (Å²) >= 11 is 0. The van der Waals surface area contributed by atoms with E-state index in [1.807, 2.05) is 30.3 Å². The van der Waals surface area contributed by atoms with Gasteiger partial charge in [0.25, 0.3) is 16.0 Å². The second kappa shape index (κ2) is 13.0. The zero-order valence-corrected chi connectivity index (χ0v) is 20.3. The molecule has 0 spiro atoms. The normalized spacial score (nSPS) is 12.7. The van der Waals surface area contributed by atoms with Crippen molar-refractivity contribution in [3.05, 3.63) is 95.6 Å². The molecule has 34 heavy (non-hydrogen) atoms. The molecule has 182 valence electrons. The number of rotatable bonds is 9. The largest absolute Gasteiger partial charge is 0.322 e. The summed E-state index contributed by atoms with van der Waals surface area (Å²) in [7, 11) is -2.64. The van der Waals surface area contributed by atoms with Crippen LogP contribution in [0.25, 0.3) is 0 Å². The predicted molar refractivity (Wildman–Crippen MR) is 131 cm³/mol. The van der Waals surface area contributed by atoms with Crippen molar-refractivity contribution in [1.29, 1.82) is 0 Å². The van der Waals surface area contributed by atoms with Crippen molar-refractivity contribution in [3.8, 4) is 0 Å². The molecule has 8 heteroatoms. The maximum absolute atomic E-state index is 12.6. The monoisotopic (exact) mass is 487 g/mol. The lowest BCUT2D eigenvalue weighted by Gasteiger charge is -2.21. The van der Waals surface area contributed by atoms with Crippen molar-refractivity contribution < 1.29 is 27.2 Å². The molecular formula is C26H30FNO5S. The fourth-order valence-electron chi connectivity index (χ4n) is 3.79. The van der Waals surface area contributed by atoms with Crippen LogP contribution in [-0.4, -0.2) is 26.7 Å². The van der Waals surface area contributed by atoms with E-state index in [4.69, 9.17) is 9.84 Å². The molecule has 0 saturated heterocycles. The van der Waals surface area contributed by atoms with Gasteiger partial charge in [-0.1, -0.05) is 60.8 Å². The van der Waals surface area contributed by atoms with Crippen molar-refractivity contribution in [1.82, 2.24) is 0 Å². The lowest BCUT2D eigenvalue weighted by atomic mass is 9.84. The minimum Gasteiger partial charge on any atom is -0.322 e. The van der Waals surface area contributed by atoms with E-state index in [1.54, 1.807) is 0 Å². The van der Waals surface area contributed by atoms with Crippen LogP contribution < -0.4 is 5.32 Å². The summed E-state index contributed by atoms with van der Waals surface area (Å²) in [5, 5.41) is 8.29. The SMILES string of the molecule is CCC(CC(C)c1ccc(C(=O)Nc2ccc(S(=O)(=O)OC)cc2)cc1)c1ccccc1.OF. The van der Waals surface area contributed by atoms with E-state index >= 15 is 0 Å². The molecule has 0 aliphatic heterocycles. The van der Waals surface area contributed by atoms with Crippen LogP contribution in [0.5, 0.6) is 0 Å². The van der Waals surface area contributed by atoms with Gasteiger partial charge in [0.15, 0.2) is 0 Å². The third kappa shape index (κ3) is 7.21. The average Bonchev–Trinajstić information content (AvgIpc) is 2.89. The zero-order chi connectivity index (χ0) is 25.1. The maximum atomic E-state index is 12.6. The Morgan fingerprint density at radius 2 is 1.53 bits per heavy atom. The molecule has 0 heterocycles. The molecule has 2 N–H and O–H groups in total. The van der Waals surface area contributed by atoms with Gasteiger partial charge in [0.2, 0.25) is 0 Å². The number of benzene rings is 3. The Kier molecular flexibility index (Phi) is 10.4. The summed E-state index contributed by atoms with van der Waals surface area (Å²) in [6, 6.07) is 24.1. The first kappa shape index (κ1) is 27.2. The summed E-state index contributed by atoms with van der Waals surface area (Å²) in [6.07, 6.45) is 2.13. The van der Waals surface area contributed by atoms with E-state index < -0.39 is 10.1 Å². The van der Waals surface area contributed by atoms with Crippen molar-refractivity contribution in [2.45, 2.75) is 43.4 Å². The van der Waals surface area contributed by atoms with E-state index in [9.17, 15) is 13.2 Å². The highest BCUT2D eigenvalue weighted by atomic mass is 32.2. The van der Waals surface area contributed by atoms with Gasteiger partial charge in [0.05, 0.1) is 12.0 Å². The lowest BCUT2D eigenvalue weighted by Crippen LogP contribution is -2.12. The summed E-state index contributed by atoms with van der Waals surface area (Å²) < 4.78 is 36.4. The number of carbonyl (C=O) groups excluding carboxylic acids is 1. The second-order valence-corrected chi connectivity index (χ2v) is 9.59. The Labute approximate surface area is 200 Å². The average molecular weight is 488 g/mol. The number of carbonyl (C=O) groups is 1. The first-order chi connectivity index (χ1) is 16.3. The van der Waals surface area contributed by atoms with Gasteiger partial charge in [-0.15, -0.1) is 0 Å². The molecule has 0 aliphatic rings. The molecule has 0 aromatic heterocycles. The maximum Gasteiger partial charge on any atom is 0.296 e. The summed E-state index contributed by atoms with van der Waals surface area (Å²) in [5.41, 5.74) is 3.62. The Hall–Kier alpha value is -3.07. The van der Waals surface area contributed by atoms with Crippen molar-refractivity contribution in [2.24, 2.45) is 0 Å². The first-order valence-electron chi connectivity index (χ1n) is 10.9.